The molecule has 0 unspecified atom stereocenters. The Bertz CT molecular complexity index is 301. The Morgan fingerprint density at radius 3 is 1.00 bits per heavy atom. The molecule has 0 aromatic heterocycles. The zero-order chi connectivity index (χ0) is 21.5. The fraction of sp³-hybridized carbons (Fsp3) is 1.00. The topological polar surface area (TPSA) is 53.7 Å². The summed E-state index contributed by atoms with van der Waals surface area (Å²) in [6.45, 7) is 9.00. The first-order chi connectivity index (χ1) is 14.2. The number of hydrogen-bond donors (Lipinski definition) is 1. The Labute approximate surface area is 184 Å². The monoisotopic (exact) mass is 431 g/mol. The fourth-order valence-corrected chi connectivity index (χ4v) is 6.65. The maximum Gasteiger partial charge on any atom is 0.500 e. The van der Waals surface area contributed by atoms with Crippen molar-refractivity contribution in [2.75, 3.05) is 26.4 Å². The standard InChI is InChI=1S/C24H53NO3Si/c1-4-26-29(27-5-2,28-6-3)24-22-20-18-16-14-12-10-8-7-9-11-13-15-17-19-21-23-25/h4-25H2,1-3H3. The van der Waals surface area contributed by atoms with E-state index in [1.165, 1.54) is 103 Å². The first-order valence-corrected chi connectivity index (χ1v) is 14.8. The molecule has 0 aromatic carbocycles. The predicted molar refractivity (Wildman–Crippen MR) is 128 cm³/mol. The highest BCUT2D eigenvalue weighted by Crippen LogP contribution is 2.21. The van der Waals surface area contributed by atoms with Crippen LogP contribution in [0.1, 0.15) is 124 Å². The van der Waals surface area contributed by atoms with Gasteiger partial charge in [-0.05, 0) is 40.2 Å². The van der Waals surface area contributed by atoms with Gasteiger partial charge in [-0.25, -0.2) is 0 Å². The van der Waals surface area contributed by atoms with E-state index in [9.17, 15) is 0 Å². The Morgan fingerprint density at radius 1 is 0.448 bits per heavy atom. The summed E-state index contributed by atoms with van der Waals surface area (Å²) in [5, 5.41) is 0. The van der Waals surface area contributed by atoms with Crippen LogP contribution in [-0.2, 0) is 13.3 Å². The lowest BCUT2D eigenvalue weighted by atomic mass is 10.0. The number of rotatable bonds is 24. The summed E-state index contributed by atoms with van der Waals surface area (Å²) in [5.41, 5.74) is 5.52. The fourth-order valence-electron chi connectivity index (χ4n) is 3.96. The van der Waals surface area contributed by atoms with Gasteiger partial charge >= 0.3 is 8.80 Å². The predicted octanol–water partition coefficient (Wildman–Crippen LogP) is 7.24. The molecule has 0 fully saturated rings. The van der Waals surface area contributed by atoms with Crippen LogP contribution in [0.2, 0.25) is 6.04 Å². The van der Waals surface area contributed by atoms with Gasteiger partial charge in [0.05, 0.1) is 0 Å². The van der Waals surface area contributed by atoms with E-state index in [-0.39, 0.29) is 0 Å². The van der Waals surface area contributed by atoms with Crippen LogP contribution in [0.5, 0.6) is 0 Å². The molecule has 0 aliphatic rings. The van der Waals surface area contributed by atoms with Crippen molar-refractivity contribution < 1.29 is 13.3 Å². The molecule has 2 N–H and O–H groups in total. The van der Waals surface area contributed by atoms with E-state index in [1.54, 1.807) is 0 Å². The van der Waals surface area contributed by atoms with E-state index in [4.69, 9.17) is 19.0 Å². The molecular weight excluding hydrogens is 378 g/mol. The Balaban J connectivity index is 3.43. The SMILES string of the molecule is CCO[Si](CCCCCCCCCCCCCCCCCCN)(OCC)OCC. The van der Waals surface area contributed by atoms with Crippen LogP contribution < -0.4 is 5.73 Å². The van der Waals surface area contributed by atoms with E-state index in [2.05, 4.69) is 0 Å². The van der Waals surface area contributed by atoms with Gasteiger partial charge in [0.2, 0.25) is 0 Å². The maximum absolute atomic E-state index is 5.93. The van der Waals surface area contributed by atoms with Crippen molar-refractivity contribution in [2.45, 2.75) is 130 Å². The molecule has 0 rings (SSSR count). The molecule has 0 bridgehead atoms. The third-order valence-electron chi connectivity index (χ3n) is 5.53. The lowest BCUT2D eigenvalue weighted by Crippen LogP contribution is -2.45. The van der Waals surface area contributed by atoms with E-state index in [0.717, 1.165) is 12.6 Å². The van der Waals surface area contributed by atoms with Crippen molar-refractivity contribution >= 4 is 8.80 Å². The highest BCUT2D eigenvalue weighted by atomic mass is 28.4. The van der Waals surface area contributed by atoms with Crippen molar-refractivity contribution in [3.8, 4) is 0 Å². The normalized spacial score (nSPS) is 12.0. The molecule has 0 saturated carbocycles. The lowest BCUT2D eigenvalue weighted by Gasteiger charge is -2.28. The summed E-state index contributed by atoms with van der Waals surface area (Å²) in [7, 11) is -2.41. The van der Waals surface area contributed by atoms with Gasteiger partial charge in [-0.2, -0.15) is 0 Å². The molecule has 0 aliphatic carbocycles. The average molecular weight is 432 g/mol. The van der Waals surface area contributed by atoms with Gasteiger partial charge in [-0.1, -0.05) is 89.9 Å². The second-order valence-corrected chi connectivity index (χ2v) is 10.9. The van der Waals surface area contributed by atoms with E-state index >= 15 is 0 Å². The first-order valence-electron chi connectivity index (χ1n) is 12.9. The number of unbranched alkanes of at least 4 members (excludes halogenated alkanes) is 15. The van der Waals surface area contributed by atoms with E-state index in [1.807, 2.05) is 20.8 Å². The van der Waals surface area contributed by atoms with Gasteiger partial charge in [0.1, 0.15) is 0 Å². The summed E-state index contributed by atoms with van der Waals surface area (Å²) >= 11 is 0. The van der Waals surface area contributed by atoms with Crippen molar-refractivity contribution in [3.05, 3.63) is 0 Å². The summed E-state index contributed by atoms with van der Waals surface area (Å²) in [6, 6.07) is 0.968. The molecule has 5 heteroatoms. The smallest absolute Gasteiger partial charge is 0.374 e. The largest absolute Gasteiger partial charge is 0.500 e. The summed E-state index contributed by atoms with van der Waals surface area (Å²) < 4.78 is 17.8. The van der Waals surface area contributed by atoms with Crippen LogP contribution in [0.25, 0.3) is 0 Å². The third kappa shape index (κ3) is 18.5. The van der Waals surface area contributed by atoms with Gasteiger partial charge in [-0.3, -0.25) is 0 Å². The quantitative estimate of drug-likeness (QED) is 0.129. The summed E-state index contributed by atoms with van der Waals surface area (Å²) in [5.74, 6) is 0. The average Bonchev–Trinajstić information content (AvgIpc) is 2.71. The van der Waals surface area contributed by atoms with Gasteiger partial charge < -0.3 is 19.0 Å². The molecule has 176 valence electrons. The molecule has 0 heterocycles. The highest BCUT2D eigenvalue weighted by molar-refractivity contribution is 6.60. The molecule has 0 spiro atoms. The van der Waals surface area contributed by atoms with Gasteiger partial charge in [0.25, 0.3) is 0 Å². The van der Waals surface area contributed by atoms with Gasteiger partial charge in [0, 0.05) is 25.9 Å². The molecule has 0 atom stereocenters. The lowest BCUT2D eigenvalue weighted by molar-refractivity contribution is 0.0706. The molecular formula is C24H53NO3Si. The minimum atomic E-state index is -2.41. The van der Waals surface area contributed by atoms with Crippen molar-refractivity contribution in [2.24, 2.45) is 5.73 Å². The second-order valence-electron chi connectivity index (χ2n) is 8.18. The van der Waals surface area contributed by atoms with E-state index in [0.29, 0.717) is 19.8 Å². The minimum Gasteiger partial charge on any atom is -0.374 e. The zero-order valence-corrected chi connectivity index (χ0v) is 21.2. The molecule has 0 saturated heterocycles. The molecule has 0 radical (unpaired) electrons. The molecule has 0 amide bonds. The summed E-state index contributed by atoms with van der Waals surface area (Å²) in [4.78, 5) is 0. The Kier molecular flexibility index (Phi) is 22.8. The van der Waals surface area contributed by atoms with Crippen LogP contribution in [-0.4, -0.2) is 35.2 Å². The molecule has 4 nitrogen and oxygen atoms in total. The van der Waals surface area contributed by atoms with Crippen molar-refractivity contribution in [1.29, 1.82) is 0 Å². The third-order valence-corrected chi connectivity index (χ3v) is 8.68. The van der Waals surface area contributed by atoms with Crippen LogP contribution >= 0.6 is 0 Å². The summed E-state index contributed by atoms with van der Waals surface area (Å²) in [6.07, 6.45) is 21.8. The highest BCUT2D eigenvalue weighted by Gasteiger charge is 2.39. The van der Waals surface area contributed by atoms with Crippen molar-refractivity contribution in [1.82, 2.24) is 0 Å². The minimum absolute atomic E-state index is 0.682. The van der Waals surface area contributed by atoms with Gasteiger partial charge in [0.15, 0.2) is 0 Å². The second kappa shape index (κ2) is 22.7. The Hall–Kier alpha value is 0.0569. The van der Waals surface area contributed by atoms with E-state index < -0.39 is 8.80 Å². The molecule has 0 aliphatic heterocycles. The number of nitrogens with two attached hydrogens (primary N) is 1. The molecule has 0 aromatic rings. The van der Waals surface area contributed by atoms with Crippen LogP contribution in [0, 0.1) is 0 Å². The zero-order valence-electron chi connectivity index (χ0n) is 20.2. The maximum atomic E-state index is 5.93. The van der Waals surface area contributed by atoms with Crippen LogP contribution in [0.4, 0.5) is 0 Å². The van der Waals surface area contributed by atoms with Crippen LogP contribution in [0.15, 0.2) is 0 Å². The van der Waals surface area contributed by atoms with Crippen LogP contribution in [0.3, 0.4) is 0 Å². The molecule has 29 heavy (non-hydrogen) atoms. The van der Waals surface area contributed by atoms with Gasteiger partial charge in [-0.15, -0.1) is 0 Å². The first kappa shape index (κ1) is 29.1. The van der Waals surface area contributed by atoms with Crippen molar-refractivity contribution in [3.63, 3.8) is 0 Å². The number of hydrogen-bond acceptors (Lipinski definition) is 4. The Morgan fingerprint density at radius 2 is 0.724 bits per heavy atom.